The molecule has 1 unspecified atom stereocenters. The van der Waals surface area contributed by atoms with Gasteiger partial charge in [-0.25, -0.2) is 4.98 Å². The van der Waals surface area contributed by atoms with E-state index in [9.17, 15) is 4.79 Å². The van der Waals surface area contributed by atoms with Gasteiger partial charge in [-0.3, -0.25) is 9.69 Å². The van der Waals surface area contributed by atoms with E-state index in [1.807, 2.05) is 39.1 Å². The standard InChI is InChI=1S/C19H26N4O3/c1-4-25-19-6-5-15(10-20-19)11-23-8-7-16(12-23)21-18(24)9-17-13(2)22-26-14(17)3/h5-6,10,16H,4,7-9,11-12H2,1-3H3,(H,21,24). The van der Waals surface area contributed by atoms with Crippen molar-refractivity contribution in [3.8, 4) is 5.88 Å². The molecule has 1 saturated heterocycles. The van der Waals surface area contributed by atoms with E-state index < -0.39 is 0 Å². The summed E-state index contributed by atoms with van der Waals surface area (Å²) in [5.41, 5.74) is 2.82. The van der Waals surface area contributed by atoms with Gasteiger partial charge < -0.3 is 14.6 Å². The van der Waals surface area contributed by atoms with Gasteiger partial charge in [0, 0.05) is 43.5 Å². The van der Waals surface area contributed by atoms with E-state index in [-0.39, 0.29) is 11.9 Å². The normalized spacial score (nSPS) is 17.4. The van der Waals surface area contributed by atoms with Crippen LogP contribution in [0.5, 0.6) is 5.88 Å². The van der Waals surface area contributed by atoms with Gasteiger partial charge in [-0.05, 0) is 32.8 Å². The number of pyridine rings is 1. The Hall–Kier alpha value is -2.41. The van der Waals surface area contributed by atoms with Crippen molar-refractivity contribution >= 4 is 5.91 Å². The lowest BCUT2D eigenvalue weighted by Crippen LogP contribution is -2.38. The van der Waals surface area contributed by atoms with Crippen LogP contribution < -0.4 is 10.1 Å². The summed E-state index contributed by atoms with van der Waals surface area (Å²) in [7, 11) is 0. The van der Waals surface area contributed by atoms with Gasteiger partial charge in [-0.2, -0.15) is 0 Å². The first kappa shape index (κ1) is 18.4. The molecule has 1 aliphatic rings. The number of aromatic nitrogens is 2. The molecule has 0 aliphatic carbocycles. The molecule has 1 amide bonds. The number of carbonyl (C=O) groups excluding carboxylic acids is 1. The fourth-order valence-corrected chi connectivity index (χ4v) is 3.28. The summed E-state index contributed by atoms with van der Waals surface area (Å²) in [6.07, 6.45) is 3.13. The summed E-state index contributed by atoms with van der Waals surface area (Å²) < 4.78 is 10.5. The number of hydrogen-bond acceptors (Lipinski definition) is 6. The quantitative estimate of drug-likeness (QED) is 0.816. The summed E-state index contributed by atoms with van der Waals surface area (Å²) >= 11 is 0. The fourth-order valence-electron chi connectivity index (χ4n) is 3.28. The molecule has 1 fully saturated rings. The first-order valence-electron chi connectivity index (χ1n) is 9.06. The SMILES string of the molecule is CCOc1ccc(CN2CCC(NC(=O)Cc3c(C)noc3C)C2)cn1. The van der Waals surface area contributed by atoms with Gasteiger partial charge in [0.1, 0.15) is 5.76 Å². The van der Waals surface area contributed by atoms with Crippen LogP contribution in [0.4, 0.5) is 0 Å². The topological polar surface area (TPSA) is 80.5 Å². The molecule has 1 aliphatic heterocycles. The Kier molecular flexibility index (Phi) is 5.88. The molecule has 3 rings (SSSR count). The molecule has 3 heterocycles. The van der Waals surface area contributed by atoms with Gasteiger partial charge in [0.2, 0.25) is 11.8 Å². The highest BCUT2D eigenvalue weighted by atomic mass is 16.5. The van der Waals surface area contributed by atoms with Crippen molar-refractivity contribution in [2.75, 3.05) is 19.7 Å². The van der Waals surface area contributed by atoms with Crippen molar-refractivity contribution in [2.45, 2.75) is 46.2 Å². The van der Waals surface area contributed by atoms with Crippen molar-refractivity contribution in [1.82, 2.24) is 20.4 Å². The third-order valence-electron chi connectivity index (χ3n) is 4.65. The molecule has 2 aromatic rings. The molecule has 2 aromatic heterocycles. The van der Waals surface area contributed by atoms with Gasteiger partial charge in [-0.1, -0.05) is 11.2 Å². The lowest BCUT2D eigenvalue weighted by Gasteiger charge is -2.17. The number of nitrogens with one attached hydrogen (secondary N) is 1. The lowest BCUT2D eigenvalue weighted by atomic mass is 10.1. The molecule has 0 bridgehead atoms. The van der Waals surface area contributed by atoms with Gasteiger partial charge in [0.05, 0.1) is 18.7 Å². The number of likely N-dealkylation sites (tertiary alicyclic amines) is 1. The van der Waals surface area contributed by atoms with Crippen LogP contribution in [0.25, 0.3) is 0 Å². The molecule has 0 spiro atoms. The molecule has 0 saturated carbocycles. The Morgan fingerprint density at radius 2 is 2.27 bits per heavy atom. The van der Waals surface area contributed by atoms with E-state index >= 15 is 0 Å². The maximum Gasteiger partial charge on any atom is 0.224 e. The monoisotopic (exact) mass is 358 g/mol. The van der Waals surface area contributed by atoms with Crippen molar-refractivity contribution in [1.29, 1.82) is 0 Å². The van der Waals surface area contributed by atoms with Crippen molar-refractivity contribution in [3.05, 3.63) is 40.9 Å². The molecule has 0 radical (unpaired) electrons. The van der Waals surface area contributed by atoms with Crippen LogP contribution in [0, 0.1) is 13.8 Å². The van der Waals surface area contributed by atoms with Crippen molar-refractivity contribution in [3.63, 3.8) is 0 Å². The van der Waals surface area contributed by atoms with Crippen LogP contribution in [0.1, 0.15) is 35.9 Å². The zero-order valence-corrected chi connectivity index (χ0v) is 15.6. The number of rotatable bonds is 7. The molecule has 1 atom stereocenters. The number of hydrogen-bond donors (Lipinski definition) is 1. The number of nitrogens with zero attached hydrogens (tertiary/aromatic N) is 3. The second kappa shape index (κ2) is 8.31. The molecule has 26 heavy (non-hydrogen) atoms. The summed E-state index contributed by atoms with van der Waals surface area (Å²) in [5, 5.41) is 7.03. The van der Waals surface area contributed by atoms with E-state index in [1.54, 1.807) is 0 Å². The number of amides is 1. The minimum atomic E-state index is 0.0222. The first-order chi connectivity index (χ1) is 12.5. The zero-order chi connectivity index (χ0) is 18.5. The maximum atomic E-state index is 12.3. The van der Waals surface area contributed by atoms with Gasteiger partial charge in [-0.15, -0.1) is 0 Å². The molecular formula is C19H26N4O3. The van der Waals surface area contributed by atoms with Crippen LogP contribution in [-0.2, 0) is 17.8 Å². The largest absolute Gasteiger partial charge is 0.478 e. The molecule has 7 nitrogen and oxygen atoms in total. The van der Waals surface area contributed by atoms with Gasteiger partial charge >= 0.3 is 0 Å². The zero-order valence-electron chi connectivity index (χ0n) is 15.6. The van der Waals surface area contributed by atoms with E-state index in [1.165, 1.54) is 0 Å². The minimum Gasteiger partial charge on any atom is -0.478 e. The average molecular weight is 358 g/mol. The Morgan fingerprint density at radius 1 is 1.42 bits per heavy atom. The predicted molar refractivity (Wildman–Crippen MR) is 96.9 cm³/mol. The summed E-state index contributed by atoms with van der Waals surface area (Å²) in [6, 6.07) is 4.12. The molecule has 1 N–H and O–H groups in total. The third kappa shape index (κ3) is 4.60. The lowest BCUT2D eigenvalue weighted by molar-refractivity contribution is -0.121. The molecule has 0 aromatic carbocycles. The summed E-state index contributed by atoms with van der Waals surface area (Å²) in [6.45, 7) is 8.90. The van der Waals surface area contributed by atoms with Crippen molar-refractivity contribution in [2.24, 2.45) is 0 Å². The number of ether oxygens (including phenoxy) is 1. The van der Waals surface area contributed by atoms with Crippen LogP contribution in [0.3, 0.4) is 0 Å². The maximum absolute atomic E-state index is 12.3. The predicted octanol–water partition coefficient (Wildman–Crippen LogP) is 2.02. The number of aryl methyl sites for hydroxylation is 2. The highest BCUT2D eigenvalue weighted by Gasteiger charge is 2.24. The highest BCUT2D eigenvalue weighted by molar-refractivity contribution is 5.79. The first-order valence-corrected chi connectivity index (χ1v) is 9.06. The molecule has 140 valence electrons. The third-order valence-corrected chi connectivity index (χ3v) is 4.65. The smallest absolute Gasteiger partial charge is 0.224 e. The molecule has 7 heteroatoms. The van der Waals surface area contributed by atoms with E-state index in [4.69, 9.17) is 9.26 Å². The van der Waals surface area contributed by atoms with E-state index in [2.05, 4.69) is 20.4 Å². The van der Waals surface area contributed by atoms with Crippen molar-refractivity contribution < 1.29 is 14.1 Å². The van der Waals surface area contributed by atoms with Crippen LogP contribution in [0.2, 0.25) is 0 Å². The minimum absolute atomic E-state index is 0.0222. The molecular weight excluding hydrogens is 332 g/mol. The Labute approximate surface area is 153 Å². The second-order valence-electron chi connectivity index (χ2n) is 6.71. The van der Waals surface area contributed by atoms with Crippen LogP contribution in [-0.4, -0.2) is 46.7 Å². The average Bonchev–Trinajstić information content (AvgIpc) is 3.18. The summed E-state index contributed by atoms with van der Waals surface area (Å²) in [4.78, 5) is 18.9. The van der Waals surface area contributed by atoms with E-state index in [0.717, 1.165) is 42.9 Å². The van der Waals surface area contributed by atoms with Crippen LogP contribution in [0.15, 0.2) is 22.9 Å². The fraction of sp³-hybridized carbons (Fsp3) is 0.526. The summed E-state index contributed by atoms with van der Waals surface area (Å²) in [5.74, 6) is 1.39. The Balaban J connectivity index is 1.47. The second-order valence-corrected chi connectivity index (χ2v) is 6.71. The highest BCUT2D eigenvalue weighted by Crippen LogP contribution is 2.16. The Morgan fingerprint density at radius 3 is 2.92 bits per heavy atom. The number of carbonyl (C=O) groups is 1. The van der Waals surface area contributed by atoms with Gasteiger partial charge in [0.15, 0.2) is 0 Å². The van der Waals surface area contributed by atoms with Crippen LogP contribution >= 0.6 is 0 Å². The Bertz CT molecular complexity index is 722. The van der Waals surface area contributed by atoms with E-state index in [0.29, 0.717) is 24.7 Å². The van der Waals surface area contributed by atoms with Gasteiger partial charge in [0.25, 0.3) is 0 Å².